The summed E-state index contributed by atoms with van der Waals surface area (Å²) in [5.74, 6) is 0. The van der Waals surface area contributed by atoms with Crippen molar-refractivity contribution in [3.8, 4) is 0 Å². The summed E-state index contributed by atoms with van der Waals surface area (Å²) in [5.41, 5.74) is 3.70. The quantitative estimate of drug-likeness (QED) is 0.504. The molecule has 0 aromatic carbocycles. The summed E-state index contributed by atoms with van der Waals surface area (Å²) < 4.78 is 0. The van der Waals surface area contributed by atoms with Crippen LogP contribution < -0.4 is 0 Å². The van der Waals surface area contributed by atoms with Crippen molar-refractivity contribution in [3.63, 3.8) is 0 Å². The van der Waals surface area contributed by atoms with E-state index in [1.54, 1.807) is 5.20 Å². The fourth-order valence-electron chi connectivity index (χ4n) is 1.14. The monoisotopic (exact) mass is 150 g/mol. The molecule has 0 spiro atoms. The molecule has 0 atom stereocenters. The van der Waals surface area contributed by atoms with Crippen molar-refractivity contribution in [2.45, 2.75) is 20.0 Å². The Morgan fingerprint density at radius 2 is 2.10 bits per heavy atom. The highest BCUT2D eigenvalue weighted by molar-refractivity contribution is 6.89. The summed E-state index contributed by atoms with van der Waals surface area (Å²) in [4.78, 5) is 0. The largest absolute Gasteiger partial charge is 0.0994 e. The van der Waals surface area contributed by atoms with Crippen LogP contribution in [0.2, 0.25) is 13.1 Å². The van der Waals surface area contributed by atoms with Crippen molar-refractivity contribution in [1.29, 1.82) is 0 Å². The predicted molar refractivity (Wildman–Crippen MR) is 49.5 cm³/mol. The number of hydrogen-bond donors (Lipinski definition) is 0. The maximum absolute atomic E-state index is 3.77. The van der Waals surface area contributed by atoms with Crippen molar-refractivity contribution < 1.29 is 0 Å². The molecule has 0 amide bonds. The number of hydrogen-bond acceptors (Lipinski definition) is 0. The molecule has 0 unspecified atom stereocenters. The van der Waals surface area contributed by atoms with Crippen LogP contribution in [0, 0.1) is 0 Å². The van der Waals surface area contributed by atoms with Gasteiger partial charge in [-0.15, -0.1) is 0 Å². The Bertz CT molecular complexity index is 219. The summed E-state index contributed by atoms with van der Waals surface area (Å²) >= 11 is 0. The topological polar surface area (TPSA) is 0 Å². The molecule has 0 aromatic rings. The summed E-state index contributed by atoms with van der Waals surface area (Å²) in [6.45, 7) is 10.7. The lowest BCUT2D eigenvalue weighted by Crippen LogP contribution is -2.22. The third-order valence-electron chi connectivity index (χ3n) is 2.30. The first-order valence-corrected chi connectivity index (χ1v) is 6.68. The summed E-state index contributed by atoms with van der Waals surface area (Å²) in [7, 11) is -1.10. The van der Waals surface area contributed by atoms with Crippen LogP contribution in [-0.2, 0) is 0 Å². The van der Waals surface area contributed by atoms with E-state index in [1.165, 1.54) is 5.57 Å². The summed E-state index contributed by atoms with van der Waals surface area (Å²) in [6.07, 6.45) is 4.15. The third kappa shape index (κ3) is 1.01. The summed E-state index contributed by atoms with van der Waals surface area (Å²) in [6, 6.07) is 0. The van der Waals surface area contributed by atoms with Gasteiger partial charge in [-0.2, -0.15) is 0 Å². The molecule has 10 heavy (non-hydrogen) atoms. The number of allylic oxidation sites excluding steroid dienone is 4. The molecule has 1 heteroatoms. The molecule has 0 aromatic heterocycles. The van der Waals surface area contributed by atoms with Crippen LogP contribution >= 0.6 is 0 Å². The lowest BCUT2D eigenvalue weighted by Gasteiger charge is -2.14. The zero-order valence-electron chi connectivity index (χ0n) is 6.94. The standard InChI is InChI=1S/C9H14Si/c1-5-9-6-7-10(3,4)8(9)2/h5-7H,1H2,2-4H3. The van der Waals surface area contributed by atoms with E-state index in [9.17, 15) is 0 Å². The van der Waals surface area contributed by atoms with E-state index < -0.39 is 8.07 Å². The van der Waals surface area contributed by atoms with Crippen molar-refractivity contribution in [2.75, 3.05) is 0 Å². The lowest BCUT2D eigenvalue weighted by atomic mass is 10.2. The molecule has 1 rings (SSSR count). The van der Waals surface area contributed by atoms with Gasteiger partial charge < -0.3 is 0 Å². The van der Waals surface area contributed by atoms with Crippen LogP contribution in [0.4, 0.5) is 0 Å². The molecule has 0 nitrogen and oxygen atoms in total. The highest BCUT2D eigenvalue weighted by atomic mass is 28.3. The first kappa shape index (κ1) is 7.54. The highest BCUT2D eigenvalue weighted by Gasteiger charge is 2.24. The van der Waals surface area contributed by atoms with Gasteiger partial charge in [-0.25, -0.2) is 0 Å². The highest BCUT2D eigenvalue weighted by Crippen LogP contribution is 2.27. The normalized spacial score (nSPS) is 21.9. The summed E-state index contributed by atoms with van der Waals surface area (Å²) in [5, 5.41) is 1.56. The van der Waals surface area contributed by atoms with E-state index in [0.717, 1.165) is 0 Å². The van der Waals surface area contributed by atoms with Gasteiger partial charge in [-0.1, -0.05) is 42.7 Å². The predicted octanol–water partition coefficient (Wildman–Crippen LogP) is 2.85. The molecule has 0 fully saturated rings. The molecule has 0 aliphatic carbocycles. The second-order valence-corrected chi connectivity index (χ2v) is 7.87. The second kappa shape index (κ2) is 2.24. The Balaban J connectivity index is 3.06. The Morgan fingerprint density at radius 3 is 2.30 bits per heavy atom. The van der Waals surface area contributed by atoms with E-state index in [-0.39, 0.29) is 0 Å². The fourth-order valence-corrected chi connectivity index (χ4v) is 2.92. The fraction of sp³-hybridized carbons (Fsp3) is 0.333. The van der Waals surface area contributed by atoms with Gasteiger partial charge >= 0.3 is 0 Å². The molecule has 0 bridgehead atoms. The van der Waals surface area contributed by atoms with Gasteiger partial charge in [-0.05, 0) is 12.5 Å². The van der Waals surface area contributed by atoms with Crippen LogP contribution in [0.15, 0.2) is 35.2 Å². The van der Waals surface area contributed by atoms with E-state index in [0.29, 0.717) is 0 Å². The average molecular weight is 150 g/mol. The minimum atomic E-state index is -1.10. The van der Waals surface area contributed by atoms with Crippen LogP contribution in [0.25, 0.3) is 0 Å². The van der Waals surface area contributed by atoms with Crippen LogP contribution in [-0.4, -0.2) is 8.07 Å². The van der Waals surface area contributed by atoms with Crippen LogP contribution in [0.1, 0.15) is 6.92 Å². The smallest absolute Gasteiger partial charge is 0.0985 e. The Hall–Kier alpha value is -0.563. The zero-order chi connectivity index (χ0) is 7.78. The van der Waals surface area contributed by atoms with E-state index in [1.807, 2.05) is 6.08 Å². The first-order valence-electron chi connectivity index (χ1n) is 3.61. The Kier molecular flexibility index (Phi) is 1.69. The molecule has 0 saturated heterocycles. The van der Waals surface area contributed by atoms with Gasteiger partial charge in [0.25, 0.3) is 0 Å². The van der Waals surface area contributed by atoms with Gasteiger partial charge in [0.1, 0.15) is 0 Å². The van der Waals surface area contributed by atoms with Gasteiger partial charge in [0, 0.05) is 0 Å². The minimum absolute atomic E-state index is 1.10. The molecule has 1 aliphatic rings. The van der Waals surface area contributed by atoms with Gasteiger partial charge in [0.2, 0.25) is 0 Å². The molecule has 1 aliphatic heterocycles. The minimum Gasteiger partial charge on any atom is -0.0985 e. The average Bonchev–Trinajstić information content (AvgIpc) is 2.10. The molecule has 0 N–H and O–H groups in total. The molecule has 0 radical (unpaired) electrons. The van der Waals surface area contributed by atoms with Gasteiger partial charge in [0.05, 0.1) is 8.07 Å². The Morgan fingerprint density at radius 1 is 1.50 bits per heavy atom. The van der Waals surface area contributed by atoms with Crippen molar-refractivity contribution in [3.05, 3.63) is 35.2 Å². The second-order valence-electron chi connectivity index (χ2n) is 3.34. The molecule has 0 saturated carbocycles. The third-order valence-corrected chi connectivity index (χ3v) is 5.52. The molecule has 1 heterocycles. The lowest BCUT2D eigenvalue weighted by molar-refractivity contribution is 1.53. The maximum Gasteiger partial charge on any atom is 0.0994 e. The molecular weight excluding hydrogens is 136 g/mol. The SMILES string of the molecule is C=CC1=C(C)[Si](C)(C)C=C1. The molecule has 54 valence electrons. The van der Waals surface area contributed by atoms with Crippen molar-refractivity contribution in [1.82, 2.24) is 0 Å². The van der Waals surface area contributed by atoms with Crippen LogP contribution in [0.5, 0.6) is 0 Å². The Labute approximate surface area is 64.0 Å². The zero-order valence-corrected chi connectivity index (χ0v) is 7.94. The van der Waals surface area contributed by atoms with Crippen LogP contribution in [0.3, 0.4) is 0 Å². The van der Waals surface area contributed by atoms with E-state index >= 15 is 0 Å². The van der Waals surface area contributed by atoms with E-state index in [4.69, 9.17) is 0 Å². The van der Waals surface area contributed by atoms with Crippen molar-refractivity contribution in [2.24, 2.45) is 0 Å². The van der Waals surface area contributed by atoms with E-state index in [2.05, 4.69) is 38.4 Å². The van der Waals surface area contributed by atoms with Gasteiger partial charge in [-0.3, -0.25) is 0 Å². The maximum atomic E-state index is 3.77. The van der Waals surface area contributed by atoms with Crippen molar-refractivity contribution >= 4 is 8.07 Å². The number of rotatable bonds is 1. The molecular formula is C9H14Si. The first-order chi connectivity index (χ1) is 4.58. The van der Waals surface area contributed by atoms with Gasteiger partial charge in [0.15, 0.2) is 0 Å².